The van der Waals surface area contributed by atoms with E-state index < -0.39 is 0 Å². The molecule has 0 saturated carbocycles. The number of carbonyl (C=O) groups excluding carboxylic acids is 1. The van der Waals surface area contributed by atoms with Crippen LogP contribution in [0.1, 0.15) is 40.0 Å². The molecule has 2 nitrogen and oxygen atoms in total. The Balaban J connectivity index is 4.17. The Morgan fingerprint density at radius 2 is 2.21 bits per heavy atom. The first-order chi connectivity index (χ1) is 6.65. The van der Waals surface area contributed by atoms with Crippen LogP contribution in [0.4, 0.5) is 0 Å². The summed E-state index contributed by atoms with van der Waals surface area (Å²) in [6.45, 7) is 5.85. The summed E-state index contributed by atoms with van der Waals surface area (Å²) in [6.07, 6.45) is 9.88. The van der Waals surface area contributed by atoms with Gasteiger partial charge in [0.05, 0.1) is 6.04 Å². The lowest BCUT2D eigenvalue weighted by Gasteiger charge is -2.11. The lowest BCUT2D eigenvalue weighted by atomic mass is 10.1. The molecule has 0 saturated heterocycles. The van der Waals surface area contributed by atoms with Gasteiger partial charge in [-0.25, -0.2) is 0 Å². The van der Waals surface area contributed by atoms with Gasteiger partial charge >= 0.3 is 0 Å². The van der Waals surface area contributed by atoms with E-state index in [0.29, 0.717) is 0 Å². The fourth-order valence-electron chi connectivity index (χ4n) is 1.16. The van der Waals surface area contributed by atoms with Gasteiger partial charge in [-0.05, 0) is 19.8 Å². The standard InChI is InChI=1S/C12H19NO/c1-5-8-10(4)12(14)13-11(7-3)9-6-2/h3,8,11H,5-6,9H2,1-2,4H3,(H,13,14). The molecule has 78 valence electrons. The van der Waals surface area contributed by atoms with Crippen molar-refractivity contribution in [2.24, 2.45) is 0 Å². The van der Waals surface area contributed by atoms with Crippen LogP contribution < -0.4 is 5.32 Å². The third-order valence-corrected chi connectivity index (χ3v) is 1.95. The van der Waals surface area contributed by atoms with E-state index in [0.717, 1.165) is 24.8 Å². The third kappa shape index (κ3) is 4.71. The first-order valence-corrected chi connectivity index (χ1v) is 5.09. The number of amides is 1. The second kappa shape index (κ2) is 7.20. The highest BCUT2D eigenvalue weighted by atomic mass is 16.1. The molecular weight excluding hydrogens is 174 g/mol. The van der Waals surface area contributed by atoms with Gasteiger partial charge in [0.2, 0.25) is 5.91 Å². The number of rotatable bonds is 5. The van der Waals surface area contributed by atoms with Gasteiger partial charge in [0, 0.05) is 5.57 Å². The molecule has 2 heteroatoms. The summed E-state index contributed by atoms with van der Waals surface area (Å²) in [5, 5.41) is 2.81. The SMILES string of the molecule is C#CC(CCC)NC(=O)C(C)=CCC. The minimum Gasteiger partial charge on any atom is -0.339 e. The van der Waals surface area contributed by atoms with Crippen molar-refractivity contribution in [3.8, 4) is 12.3 Å². The Kier molecular flexibility index (Phi) is 6.57. The molecule has 1 amide bonds. The highest BCUT2D eigenvalue weighted by Gasteiger charge is 2.09. The predicted molar refractivity (Wildman–Crippen MR) is 59.7 cm³/mol. The van der Waals surface area contributed by atoms with Gasteiger partial charge in [0.1, 0.15) is 0 Å². The summed E-state index contributed by atoms with van der Waals surface area (Å²) in [6, 6.07) is -0.132. The summed E-state index contributed by atoms with van der Waals surface area (Å²) >= 11 is 0. The number of terminal acetylenes is 1. The van der Waals surface area contributed by atoms with Gasteiger partial charge < -0.3 is 5.32 Å². The normalized spacial score (nSPS) is 13.1. The molecule has 0 rings (SSSR count). The molecule has 0 aliphatic carbocycles. The lowest BCUT2D eigenvalue weighted by Crippen LogP contribution is -2.34. The second-order valence-corrected chi connectivity index (χ2v) is 3.28. The van der Waals surface area contributed by atoms with Gasteiger partial charge in [0.15, 0.2) is 0 Å². The van der Waals surface area contributed by atoms with Crippen molar-refractivity contribution in [3.63, 3.8) is 0 Å². The zero-order valence-corrected chi connectivity index (χ0v) is 9.26. The smallest absolute Gasteiger partial charge is 0.247 e. The fraction of sp³-hybridized carbons (Fsp3) is 0.583. The first-order valence-electron chi connectivity index (χ1n) is 5.09. The zero-order valence-electron chi connectivity index (χ0n) is 9.26. The average molecular weight is 193 g/mol. The Morgan fingerprint density at radius 3 is 2.64 bits per heavy atom. The van der Waals surface area contributed by atoms with E-state index in [1.807, 2.05) is 19.9 Å². The van der Waals surface area contributed by atoms with Crippen LogP contribution in [0.2, 0.25) is 0 Å². The molecule has 1 N–H and O–H groups in total. The van der Waals surface area contributed by atoms with E-state index in [2.05, 4.69) is 11.2 Å². The molecule has 0 heterocycles. The van der Waals surface area contributed by atoms with Gasteiger partial charge in [-0.1, -0.05) is 32.3 Å². The largest absolute Gasteiger partial charge is 0.339 e. The van der Waals surface area contributed by atoms with Crippen LogP contribution in [0.5, 0.6) is 0 Å². The summed E-state index contributed by atoms with van der Waals surface area (Å²) in [4.78, 5) is 11.5. The summed E-state index contributed by atoms with van der Waals surface area (Å²) in [5.74, 6) is 2.52. The molecule has 0 fully saturated rings. The van der Waals surface area contributed by atoms with E-state index in [1.165, 1.54) is 0 Å². The number of nitrogens with one attached hydrogen (secondary N) is 1. The summed E-state index contributed by atoms with van der Waals surface area (Å²) in [7, 11) is 0. The van der Waals surface area contributed by atoms with Crippen molar-refractivity contribution in [1.82, 2.24) is 5.32 Å². The van der Waals surface area contributed by atoms with Crippen molar-refractivity contribution in [2.45, 2.75) is 46.1 Å². The Bertz CT molecular complexity index is 248. The van der Waals surface area contributed by atoms with Crippen LogP contribution in [0, 0.1) is 12.3 Å². The lowest BCUT2D eigenvalue weighted by molar-refractivity contribution is -0.117. The molecule has 1 unspecified atom stereocenters. The maximum Gasteiger partial charge on any atom is 0.247 e. The monoisotopic (exact) mass is 193 g/mol. The Hall–Kier alpha value is -1.23. The predicted octanol–water partition coefficient (Wildman–Crippen LogP) is 2.26. The zero-order chi connectivity index (χ0) is 11.0. The highest BCUT2D eigenvalue weighted by molar-refractivity contribution is 5.93. The number of hydrogen-bond acceptors (Lipinski definition) is 1. The molecule has 0 aliphatic heterocycles. The van der Waals surface area contributed by atoms with Crippen molar-refractivity contribution >= 4 is 5.91 Å². The molecule has 0 aromatic carbocycles. The van der Waals surface area contributed by atoms with E-state index in [1.54, 1.807) is 6.92 Å². The van der Waals surface area contributed by atoms with Crippen molar-refractivity contribution in [3.05, 3.63) is 11.6 Å². The second-order valence-electron chi connectivity index (χ2n) is 3.28. The van der Waals surface area contributed by atoms with Crippen LogP contribution in [0.3, 0.4) is 0 Å². The fourth-order valence-corrected chi connectivity index (χ4v) is 1.16. The molecule has 0 aromatic heterocycles. The van der Waals surface area contributed by atoms with Gasteiger partial charge in [-0.3, -0.25) is 4.79 Å². The van der Waals surface area contributed by atoms with Crippen LogP contribution in [0.25, 0.3) is 0 Å². The topological polar surface area (TPSA) is 29.1 Å². The van der Waals surface area contributed by atoms with Gasteiger partial charge in [-0.2, -0.15) is 0 Å². The maximum absolute atomic E-state index is 11.5. The maximum atomic E-state index is 11.5. The molecule has 0 aliphatic rings. The first kappa shape index (κ1) is 12.8. The molecule has 14 heavy (non-hydrogen) atoms. The van der Waals surface area contributed by atoms with Crippen molar-refractivity contribution in [2.75, 3.05) is 0 Å². The Morgan fingerprint density at radius 1 is 1.57 bits per heavy atom. The molecule has 0 bridgehead atoms. The highest BCUT2D eigenvalue weighted by Crippen LogP contribution is 1.99. The summed E-state index contributed by atoms with van der Waals surface area (Å²) < 4.78 is 0. The number of hydrogen-bond donors (Lipinski definition) is 1. The molecule has 0 radical (unpaired) electrons. The van der Waals surface area contributed by atoms with Crippen LogP contribution in [-0.4, -0.2) is 11.9 Å². The molecule has 1 atom stereocenters. The minimum absolute atomic E-state index is 0.0525. The molecule has 0 aromatic rings. The van der Waals surface area contributed by atoms with Gasteiger partial charge in [0.25, 0.3) is 0 Å². The van der Waals surface area contributed by atoms with E-state index in [9.17, 15) is 4.79 Å². The summed E-state index contributed by atoms with van der Waals surface area (Å²) in [5.41, 5.74) is 0.740. The van der Waals surface area contributed by atoms with E-state index >= 15 is 0 Å². The van der Waals surface area contributed by atoms with Gasteiger partial charge in [-0.15, -0.1) is 6.42 Å². The molecule has 0 spiro atoms. The number of carbonyl (C=O) groups is 1. The van der Waals surface area contributed by atoms with Crippen LogP contribution >= 0.6 is 0 Å². The van der Waals surface area contributed by atoms with Crippen molar-refractivity contribution < 1.29 is 4.79 Å². The Labute approximate surface area is 86.8 Å². The van der Waals surface area contributed by atoms with Crippen LogP contribution in [0.15, 0.2) is 11.6 Å². The third-order valence-electron chi connectivity index (χ3n) is 1.95. The molecular formula is C12H19NO. The van der Waals surface area contributed by atoms with Crippen molar-refractivity contribution in [1.29, 1.82) is 0 Å². The minimum atomic E-state index is -0.132. The van der Waals surface area contributed by atoms with Crippen LogP contribution in [-0.2, 0) is 4.79 Å². The quantitative estimate of drug-likeness (QED) is 0.526. The average Bonchev–Trinajstić information content (AvgIpc) is 2.17. The van der Waals surface area contributed by atoms with E-state index in [-0.39, 0.29) is 11.9 Å². The van der Waals surface area contributed by atoms with E-state index in [4.69, 9.17) is 6.42 Å². The number of allylic oxidation sites excluding steroid dienone is 1.